The first-order valence-corrected chi connectivity index (χ1v) is 6.18. The van der Waals surface area contributed by atoms with Gasteiger partial charge < -0.3 is 15.8 Å². The van der Waals surface area contributed by atoms with E-state index in [1.165, 1.54) is 5.56 Å². The fourth-order valence-corrected chi connectivity index (χ4v) is 1.48. The van der Waals surface area contributed by atoms with Gasteiger partial charge in [0.15, 0.2) is 0 Å². The number of rotatable bonds is 4. The molecular weight excluding hydrogens is 228 g/mol. The molecule has 4 nitrogen and oxygen atoms in total. The molecule has 1 aromatic rings. The number of benzene rings is 1. The minimum Gasteiger partial charge on any atom is -0.444 e. The van der Waals surface area contributed by atoms with E-state index >= 15 is 0 Å². The Balaban J connectivity index is 2.19. The highest BCUT2D eigenvalue weighted by Gasteiger charge is 2.15. The predicted molar refractivity (Wildman–Crippen MR) is 73.4 cm³/mol. The van der Waals surface area contributed by atoms with E-state index in [-0.39, 0.29) is 6.09 Å². The third-order valence-electron chi connectivity index (χ3n) is 2.29. The molecule has 1 aromatic carbocycles. The van der Waals surface area contributed by atoms with Crippen LogP contribution < -0.4 is 11.1 Å². The van der Waals surface area contributed by atoms with E-state index < -0.39 is 5.60 Å². The van der Waals surface area contributed by atoms with Gasteiger partial charge in [-0.05, 0) is 51.3 Å². The van der Waals surface area contributed by atoms with Crippen molar-refractivity contribution >= 4 is 11.8 Å². The number of nitrogens with two attached hydrogens (primary N) is 1. The van der Waals surface area contributed by atoms with Crippen molar-refractivity contribution in [2.45, 2.75) is 39.2 Å². The molecule has 0 atom stereocenters. The average Bonchev–Trinajstić information content (AvgIpc) is 2.24. The molecule has 0 saturated heterocycles. The highest BCUT2D eigenvalue weighted by atomic mass is 16.6. The average molecular weight is 250 g/mol. The van der Waals surface area contributed by atoms with Gasteiger partial charge in [0.1, 0.15) is 5.60 Å². The summed E-state index contributed by atoms with van der Waals surface area (Å²) in [5, 5.41) is 2.73. The minimum atomic E-state index is -0.443. The van der Waals surface area contributed by atoms with E-state index in [2.05, 4.69) is 5.32 Å². The maximum absolute atomic E-state index is 11.4. The Labute approximate surface area is 109 Å². The summed E-state index contributed by atoms with van der Waals surface area (Å²) in [5.41, 5.74) is 7.15. The Hall–Kier alpha value is -1.71. The molecule has 0 spiro atoms. The largest absolute Gasteiger partial charge is 0.444 e. The van der Waals surface area contributed by atoms with Gasteiger partial charge in [0.05, 0.1) is 0 Å². The molecule has 0 fully saturated rings. The lowest BCUT2D eigenvalue weighted by molar-refractivity contribution is 0.0527. The van der Waals surface area contributed by atoms with E-state index in [4.69, 9.17) is 10.5 Å². The number of alkyl carbamates (subject to hydrolysis) is 1. The standard InChI is InChI=1S/C14H22N2O2/c1-14(2,3)18-13(17)16-10-4-5-11-6-8-12(15)9-7-11/h6-9H,4-5,10,15H2,1-3H3,(H,16,17). The van der Waals surface area contributed by atoms with Crippen molar-refractivity contribution in [2.24, 2.45) is 0 Å². The molecule has 4 heteroatoms. The molecule has 0 aliphatic heterocycles. The van der Waals surface area contributed by atoms with Gasteiger partial charge in [0.25, 0.3) is 0 Å². The Morgan fingerprint density at radius 3 is 2.44 bits per heavy atom. The number of carbonyl (C=O) groups excluding carboxylic acids is 1. The highest BCUT2D eigenvalue weighted by molar-refractivity contribution is 5.67. The summed E-state index contributed by atoms with van der Waals surface area (Å²) in [7, 11) is 0. The van der Waals surface area contributed by atoms with Crippen molar-refractivity contribution < 1.29 is 9.53 Å². The first-order valence-electron chi connectivity index (χ1n) is 6.18. The summed E-state index contributed by atoms with van der Waals surface area (Å²) in [6.45, 7) is 6.15. The molecule has 18 heavy (non-hydrogen) atoms. The van der Waals surface area contributed by atoms with Gasteiger partial charge in [-0.1, -0.05) is 12.1 Å². The maximum Gasteiger partial charge on any atom is 0.407 e. The third kappa shape index (κ3) is 6.13. The lowest BCUT2D eigenvalue weighted by Gasteiger charge is -2.19. The molecule has 0 heterocycles. The van der Waals surface area contributed by atoms with Crippen molar-refractivity contribution in [1.29, 1.82) is 0 Å². The van der Waals surface area contributed by atoms with E-state index in [0.717, 1.165) is 18.5 Å². The van der Waals surface area contributed by atoms with Crippen molar-refractivity contribution in [2.75, 3.05) is 12.3 Å². The summed E-state index contributed by atoms with van der Waals surface area (Å²) in [6.07, 6.45) is 1.43. The lowest BCUT2D eigenvalue weighted by Crippen LogP contribution is -2.33. The number of aryl methyl sites for hydroxylation is 1. The summed E-state index contributed by atoms with van der Waals surface area (Å²) >= 11 is 0. The Morgan fingerprint density at radius 2 is 1.89 bits per heavy atom. The zero-order chi connectivity index (χ0) is 13.6. The molecular formula is C14H22N2O2. The molecule has 100 valence electrons. The summed E-state index contributed by atoms with van der Waals surface area (Å²) in [4.78, 5) is 11.4. The molecule has 0 aliphatic carbocycles. The van der Waals surface area contributed by atoms with Crippen LogP contribution in [0.2, 0.25) is 0 Å². The molecule has 0 radical (unpaired) electrons. The van der Waals surface area contributed by atoms with Crippen LogP contribution in [0.15, 0.2) is 24.3 Å². The Kier molecular flexibility index (Phi) is 5.01. The van der Waals surface area contributed by atoms with Crippen molar-refractivity contribution in [1.82, 2.24) is 5.32 Å². The zero-order valence-electron chi connectivity index (χ0n) is 11.3. The number of hydrogen-bond acceptors (Lipinski definition) is 3. The monoisotopic (exact) mass is 250 g/mol. The molecule has 0 unspecified atom stereocenters. The van der Waals surface area contributed by atoms with E-state index in [1.54, 1.807) is 0 Å². The van der Waals surface area contributed by atoms with Crippen LogP contribution in [-0.4, -0.2) is 18.2 Å². The second kappa shape index (κ2) is 6.28. The number of carbonyl (C=O) groups is 1. The third-order valence-corrected chi connectivity index (χ3v) is 2.29. The van der Waals surface area contributed by atoms with Crippen molar-refractivity contribution in [3.8, 4) is 0 Å². The molecule has 3 N–H and O–H groups in total. The van der Waals surface area contributed by atoms with Gasteiger partial charge in [-0.3, -0.25) is 0 Å². The van der Waals surface area contributed by atoms with Gasteiger partial charge in [0, 0.05) is 12.2 Å². The van der Waals surface area contributed by atoms with E-state index in [1.807, 2.05) is 45.0 Å². The molecule has 1 amide bonds. The first kappa shape index (κ1) is 14.4. The van der Waals surface area contributed by atoms with Crippen molar-refractivity contribution in [3.63, 3.8) is 0 Å². The van der Waals surface area contributed by atoms with Gasteiger partial charge in [-0.2, -0.15) is 0 Å². The fraction of sp³-hybridized carbons (Fsp3) is 0.500. The second-order valence-electron chi connectivity index (χ2n) is 5.27. The predicted octanol–water partition coefficient (Wildman–Crippen LogP) is 2.73. The normalized spacial score (nSPS) is 11.1. The van der Waals surface area contributed by atoms with E-state index in [0.29, 0.717) is 6.54 Å². The number of nitrogen functional groups attached to an aromatic ring is 1. The van der Waals surface area contributed by atoms with Crippen molar-refractivity contribution in [3.05, 3.63) is 29.8 Å². The maximum atomic E-state index is 11.4. The number of ether oxygens (including phenoxy) is 1. The smallest absolute Gasteiger partial charge is 0.407 e. The van der Waals surface area contributed by atoms with Gasteiger partial charge in [0.2, 0.25) is 0 Å². The minimum absolute atomic E-state index is 0.361. The topological polar surface area (TPSA) is 64.3 Å². The molecule has 0 bridgehead atoms. The van der Waals surface area contributed by atoms with Gasteiger partial charge in [-0.15, -0.1) is 0 Å². The number of nitrogens with one attached hydrogen (secondary N) is 1. The first-order chi connectivity index (χ1) is 8.37. The fourth-order valence-electron chi connectivity index (χ4n) is 1.48. The molecule has 1 rings (SSSR count). The van der Waals surface area contributed by atoms with Crippen LogP contribution in [0.3, 0.4) is 0 Å². The van der Waals surface area contributed by atoms with Crippen LogP contribution in [0.1, 0.15) is 32.8 Å². The molecule has 0 aliphatic rings. The van der Waals surface area contributed by atoms with Crippen LogP contribution in [0.5, 0.6) is 0 Å². The summed E-state index contributed by atoms with van der Waals surface area (Å²) < 4.78 is 5.14. The second-order valence-corrected chi connectivity index (χ2v) is 5.27. The van der Waals surface area contributed by atoms with Crippen LogP contribution >= 0.6 is 0 Å². The van der Waals surface area contributed by atoms with Gasteiger partial charge in [-0.25, -0.2) is 4.79 Å². The van der Waals surface area contributed by atoms with E-state index in [9.17, 15) is 4.79 Å². The van der Waals surface area contributed by atoms with Crippen LogP contribution in [-0.2, 0) is 11.2 Å². The number of amides is 1. The lowest BCUT2D eigenvalue weighted by atomic mass is 10.1. The zero-order valence-corrected chi connectivity index (χ0v) is 11.3. The quantitative estimate of drug-likeness (QED) is 0.638. The number of hydrogen-bond donors (Lipinski definition) is 2. The van der Waals surface area contributed by atoms with Crippen LogP contribution in [0.4, 0.5) is 10.5 Å². The molecule has 0 saturated carbocycles. The summed E-state index contributed by atoms with van der Waals surface area (Å²) in [6, 6.07) is 7.78. The van der Waals surface area contributed by atoms with Crippen LogP contribution in [0.25, 0.3) is 0 Å². The molecule has 0 aromatic heterocycles. The number of anilines is 1. The Bertz CT molecular complexity index is 380. The summed E-state index contributed by atoms with van der Waals surface area (Å²) in [5.74, 6) is 0. The Morgan fingerprint density at radius 1 is 1.28 bits per heavy atom. The van der Waals surface area contributed by atoms with Crippen LogP contribution in [0, 0.1) is 0 Å². The SMILES string of the molecule is CC(C)(C)OC(=O)NCCCc1ccc(N)cc1. The highest BCUT2D eigenvalue weighted by Crippen LogP contribution is 2.08. The van der Waals surface area contributed by atoms with Gasteiger partial charge >= 0.3 is 6.09 Å².